The molecular formula is C6H11N3O2. The summed E-state index contributed by atoms with van der Waals surface area (Å²) < 4.78 is 5.19. The zero-order chi connectivity index (χ0) is 8.48. The maximum Gasteiger partial charge on any atom is 0.327 e. The zero-order valence-electron chi connectivity index (χ0n) is 6.76. The number of nitrogens with zero attached hydrogens (tertiary/aromatic N) is 1. The van der Waals surface area contributed by atoms with E-state index in [0.717, 1.165) is 0 Å². The predicted octanol–water partition coefficient (Wildman–Crippen LogP) is 0.275. The van der Waals surface area contributed by atoms with Crippen LogP contribution in [0.25, 0.3) is 0 Å². The first-order valence-electron chi connectivity index (χ1n) is 3.31. The van der Waals surface area contributed by atoms with Crippen molar-refractivity contribution in [2.45, 2.75) is 26.4 Å². The molecule has 0 aromatic carbocycles. The quantitative estimate of drug-likeness (QED) is 0.614. The van der Waals surface area contributed by atoms with Crippen LogP contribution in [0.4, 0.5) is 0 Å². The monoisotopic (exact) mass is 157 g/mol. The lowest BCUT2D eigenvalue weighted by atomic mass is 10.2. The summed E-state index contributed by atoms with van der Waals surface area (Å²) in [5, 5.41) is 8.17. The predicted molar refractivity (Wildman–Crippen MR) is 39.6 cm³/mol. The van der Waals surface area contributed by atoms with Crippen molar-refractivity contribution in [2.24, 2.45) is 0 Å². The van der Waals surface area contributed by atoms with Gasteiger partial charge in [0, 0.05) is 0 Å². The highest BCUT2D eigenvalue weighted by Crippen LogP contribution is 2.08. The van der Waals surface area contributed by atoms with Crippen LogP contribution in [0.5, 0.6) is 5.88 Å². The van der Waals surface area contributed by atoms with Crippen molar-refractivity contribution in [3.8, 4) is 5.88 Å². The second-order valence-electron chi connectivity index (χ2n) is 3.20. The van der Waals surface area contributed by atoms with Crippen LogP contribution in [0.15, 0.2) is 4.79 Å². The Morgan fingerprint density at radius 2 is 2.09 bits per heavy atom. The van der Waals surface area contributed by atoms with Gasteiger partial charge in [0.05, 0.1) is 0 Å². The van der Waals surface area contributed by atoms with Gasteiger partial charge in [0.2, 0.25) is 0 Å². The molecule has 62 valence electrons. The van der Waals surface area contributed by atoms with Gasteiger partial charge in [-0.1, -0.05) is 0 Å². The molecule has 0 spiro atoms. The van der Waals surface area contributed by atoms with Crippen molar-refractivity contribution in [2.75, 3.05) is 0 Å². The third-order valence-electron chi connectivity index (χ3n) is 0.924. The molecule has 0 fully saturated rings. The van der Waals surface area contributed by atoms with Crippen molar-refractivity contribution in [3.05, 3.63) is 10.4 Å². The highest BCUT2D eigenvalue weighted by molar-refractivity contribution is 5.00. The van der Waals surface area contributed by atoms with Gasteiger partial charge in [0.1, 0.15) is 5.60 Å². The van der Waals surface area contributed by atoms with Crippen LogP contribution in [0, 0.1) is 0 Å². The Hall–Kier alpha value is -1.26. The van der Waals surface area contributed by atoms with Gasteiger partial charge < -0.3 is 4.74 Å². The highest BCUT2D eigenvalue weighted by Gasteiger charge is 2.15. The summed E-state index contributed by atoms with van der Waals surface area (Å²) in [7, 11) is 0. The molecule has 1 rings (SSSR count). The smallest absolute Gasteiger partial charge is 0.327 e. The molecule has 0 aliphatic heterocycles. The van der Waals surface area contributed by atoms with Crippen molar-refractivity contribution in [3.63, 3.8) is 0 Å². The minimum absolute atomic E-state index is 0.0810. The number of aromatic nitrogens is 3. The van der Waals surface area contributed by atoms with E-state index in [9.17, 15) is 4.79 Å². The van der Waals surface area contributed by atoms with Crippen molar-refractivity contribution in [1.29, 1.82) is 0 Å². The Morgan fingerprint density at radius 3 is 2.45 bits per heavy atom. The number of hydrogen-bond acceptors (Lipinski definition) is 3. The van der Waals surface area contributed by atoms with Crippen molar-refractivity contribution >= 4 is 0 Å². The lowest BCUT2D eigenvalue weighted by Crippen LogP contribution is -2.25. The summed E-state index contributed by atoms with van der Waals surface area (Å²) in [4.78, 5) is 10.8. The summed E-state index contributed by atoms with van der Waals surface area (Å²) in [6.45, 7) is 5.54. The van der Waals surface area contributed by atoms with E-state index in [1.165, 1.54) is 0 Å². The third-order valence-corrected chi connectivity index (χ3v) is 0.924. The normalized spacial score (nSPS) is 11.5. The summed E-state index contributed by atoms with van der Waals surface area (Å²) >= 11 is 0. The fourth-order valence-electron chi connectivity index (χ4n) is 0.593. The van der Waals surface area contributed by atoms with Crippen molar-refractivity contribution in [1.82, 2.24) is 15.4 Å². The van der Waals surface area contributed by atoms with E-state index >= 15 is 0 Å². The van der Waals surface area contributed by atoms with E-state index in [1.807, 2.05) is 20.8 Å². The molecule has 1 aromatic heterocycles. The topological polar surface area (TPSA) is 70.8 Å². The van der Waals surface area contributed by atoms with Gasteiger partial charge in [0.25, 0.3) is 0 Å². The average molecular weight is 157 g/mol. The molecule has 0 saturated carbocycles. The SMILES string of the molecule is CC(C)(C)Oc1n[nH][nH]c1=O. The number of H-pyrrole nitrogens is 2. The van der Waals surface area contributed by atoms with Crippen LogP contribution in [0.1, 0.15) is 20.8 Å². The van der Waals surface area contributed by atoms with E-state index in [0.29, 0.717) is 0 Å². The molecule has 0 aliphatic carbocycles. The number of ether oxygens (including phenoxy) is 1. The molecule has 1 aromatic rings. The Bertz CT molecular complexity index is 281. The minimum atomic E-state index is -0.387. The van der Waals surface area contributed by atoms with Crippen LogP contribution >= 0.6 is 0 Å². The van der Waals surface area contributed by atoms with Gasteiger partial charge in [-0.2, -0.15) is 0 Å². The second kappa shape index (κ2) is 2.41. The molecule has 0 radical (unpaired) electrons. The number of aromatic amines is 2. The lowest BCUT2D eigenvalue weighted by Gasteiger charge is -2.17. The maximum absolute atomic E-state index is 10.8. The van der Waals surface area contributed by atoms with Crippen LogP contribution in [-0.2, 0) is 0 Å². The molecule has 0 saturated heterocycles. The molecule has 0 unspecified atom stereocenters. The summed E-state index contributed by atoms with van der Waals surface area (Å²) in [5.74, 6) is 0.0810. The maximum atomic E-state index is 10.8. The summed E-state index contributed by atoms with van der Waals surface area (Å²) in [6.07, 6.45) is 0. The Balaban J connectivity index is 2.80. The van der Waals surface area contributed by atoms with Crippen LogP contribution in [0.3, 0.4) is 0 Å². The Kier molecular flexibility index (Phi) is 1.72. The molecule has 1 heterocycles. The highest BCUT2D eigenvalue weighted by atomic mass is 16.5. The standard InChI is InChI=1S/C6H11N3O2/c1-6(2,3)11-5-4(10)7-9-8-5/h1-3H3,(H2,7,8,9,10). The Morgan fingerprint density at radius 1 is 1.45 bits per heavy atom. The van der Waals surface area contributed by atoms with Gasteiger partial charge in [-0.15, -0.1) is 5.10 Å². The van der Waals surface area contributed by atoms with E-state index in [-0.39, 0.29) is 17.0 Å². The third kappa shape index (κ3) is 2.10. The second-order valence-corrected chi connectivity index (χ2v) is 3.20. The van der Waals surface area contributed by atoms with Crippen LogP contribution in [-0.4, -0.2) is 21.0 Å². The number of rotatable bonds is 1. The molecular weight excluding hydrogens is 146 g/mol. The molecule has 5 nitrogen and oxygen atoms in total. The summed E-state index contributed by atoms with van der Waals surface area (Å²) in [6, 6.07) is 0. The zero-order valence-corrected chi connectivity index (χ0v) is 6.76. The van der Waals surface area contributed by atoms with E-state index < -0.39 is 0 Å². The van der Waals surface area contributed by atoms with E-state index in [1.54, 1.807) is 0 Å². The fraction of sp³-hybridized carbons (Fsp3) is 0.667. The van der Waals surface area contributed by atoms with Gasteiger partial charge >= 0.3 is 11.4 Å². The first-order valence-corrected chi connectivity index (χ1v) is 3.31. The minimum Gasteiger partial charge on any atom is -0.467 e. The average Bonchev–Trinajstić information content (AvgIpc) is 2.12. The Labute approximate surface area is 63.8 Å². The first-order chi connectivity index (χ1) is 4.99. The molecule has 5 heteroatoms. The molecule has 0 atom stereocenters. The summed E-state index contributed by atoms with van der Waals surface area (Å²) in [5.41, 5.74) is -0.720. The van der Waals surface area contributed by atoms with Crippen LogP contribution < -0.4 is 10.3 Å². The largest absolute Gasteiger partial charge is 0.467 e. The van der Waals surface area contributed by atoms with Gasteiger partial charge in [-0.05, 0) is 20.8 Å². The number of nitrogens with one attached hydrogen (secondary N) is 2. The van der Waals surface area contributed by atoms with Gasteiger partial charge in [-0.25, -0.2) is 10.3 Å². The molecule has 0 amide bonds. The van der Waals surface area contributed by atoms with E-state index in [4.69, 9.17) is 4.74 Å². The molecule has 11 heavy (non-hydrogen) atoms. The van der Waals surface area contributed by atoms with Crippen molar-refractivity contribution < 1.29 is 4.74 Å². The fourth-order valence-corrected chi connectivity index (χ4v) is 0.593. The number of hydrogen-bond donors (Lipinski definition) is 2. The first kappa shape index (κ1) is 7.84. The lowest BCUT2D eigenvalue weighted by molar-refractivity contribution is 0.122. The molecule has 2 N–H and O–H groups in total. The van der Waals surface area contributed by atoms with Crippen LogP contribution in [0.2, 0.25) is 0 Å². The molecule has 0 bridgehead atoms. The molecule has 0 aliphatic rings. The van der Waals surface area contributed by atoms with E-state index in [2.05, 4.69) is 15.4 Å². The van der Waals surface area contributed by atoms with Gasteiger partial charge in [-0.3, -0.25) is 4.79 Å². The van der Waals surface area contributed by atoms with Gasteiger partial charge in [0.15, 0.2) is 0 Å².